The van der Waals surface area contributed by atoms with Crippen LogP contribution in [0.5, 0.6) is 0 Å². The number of benzene rings is 5. The fraction of sp³-hybridized carbons (Fsp3) is 0.138. The Morgan fingerprint density at radius 3 is 2.13 bits per heavy atom. The maximum atomic E-state index is 10.6. The summed E-state index contributed by atoms with van der Waals surface area (Å²) in [6.07, 6.45) is 5.22. The highest BCUT2D eigenvalue weighted by Crippen LogP contribution is 2.33. The van der Waals surface area contributed by atoms with Gasteiger partial charge in [-0.05, 0) is 81.3 Å². The molecule has 1 aliphatic carbocycles. The molecule has 31 heavy (non-hydrogen) atoms. The molecule has 5 aromatic rings. The smallest absolute Gasteiger partial charge is 0.335 e. The van der Waals surface area contributed by atoms with Crippen LogP contribution in [0.4, 0.5) is 0 Å². The molecule has 0 radical (unpaired) electrons. The van der Waals surface area contributed by atoms with E-state index in [-0.39, 0.29) is 0 Å². The Bertz CT molecular complexity index is 1410. The van der Waals surface area contributed by atoms with Gasteiger partial charge < -0.3 is 5.11 Å². The summed E-state index contributed by atoms with van der Waals surface area (Å²) < 4.78 is 0. The first-order valence-electron chi connectivity index (χ1n) is 10.8. The van der Waals surface area contributed by atoms with Crippen LogP contribution in [0.2, 0.25) is 0 Å². The van der Waals surface area contributed by atoms with Crippen LogP contribution in [0.25, 0.3) is 32.3 Å². The Labute approximate surface area is 181 Å². The quantitative estimate of drug-likeness (QED) is 0.295. The molecule has 5 aromatic carbocycles. The Morgan fingerprint density at radius 1 is 0.613 bits per heavy atom. The van der Waals surface area contributed by atoms with Gasteiger partial charge in [0.2, 0.25) is 0 Å². The number of carbonyl (C=O) groups is 1. The molecule has 2 heteroatoms. The molecule has 0 fully saturated rings. The van der Waals surface area contributed by atoms with Gasteiger partial charge in [0.25, 0.3) is 0 Å². The van der Waals surface area contributed by atoms with Gasteiger partial charge in [0.05, 0.1) is 5.56 Å². The molecular formula is C29H24O2. The monoisotopic (exact) mass is 404 g/mol. The van der Waals surface area contributed by atoms with Gasteiger partial charge in [-0.25, -0.2) is 4.79 Å². The summed E-state index contributed by atoms with van der Waals surface area (Å²) in [5.41, 5.74) is 3.51. The van der Waals surface area contributed by atoms with Crippen molar-refractivity contribution in [1.29, 1.82) is 0 Å². The van der Waals surface area contributed by atoms with Crippen LogP contribution in [0.3, 0.4) is 0 Å². The highest BCUT2D eigenvalue weighted by molar-refractivity contribution is 6.08. The van der Waals surface area contributed by atoms with E-state index in [1.165, 1.54) is 47.2 Å². The molecular weight excluding hydrogens is 380 g/mol. The lowest BCUT2D eigenvalue weighted by atomic mass is 9.86. The second-order valence-electron chi connectivity index (χ2n) is 8.16. The first kappa shape index (κ1) is 19.3. The highest BCUT2D eigenvalue weighted by Gasteiger charge is 2.13. The van der Waals surface area contributed by atoms with Gasteiger partial charge in [0, 0.05) is 0 Å². The number of hydrogen-bond acceptors (Lipinski definition) is 1. The molecule has 1 N–H and O–H groups in total. The zero-order valence-electron chi connectivity index (χ0n) is 17.3. The minimum absolute atomic E-state index is 0.332. The summed E-state index contributed by atoms with van der Waals surface area (Å²) in [4.78, 5) is 10.6. The summed E-state index contributed by atoms with van der Waals surface area (Å²) in [6, 6.07) is 30.8. The van der Waals surface area contributed by atoms with Gasteiger partial charge in [-0.3, -0.25) is 0 Å². The van der Waals surface area contributed by atoms with Gasteiger partial charge in [0.1, 0.15) is 0 Å². The van der Waals surface area contributed by atoms with Crippen LogP contribution in [0, 0.1) is 0 Å². The van der Waals surface area contributed by atoms with Crippen LogP contribution in [-0.2, 0) is 12.8 Å². The van der Waals surface area contributed by atoms with Gasteiger partial charge in [-0.1, -0.05) is 78.9 Å². The number of carboxylic acids is 1. The Hall–Kier alpha value is -3.65. The molecule has 0 unspecified atom stereocenters. The van der Waals surface area contributed by atoms with E-state index in [0.29, 0.717) is 5.56 Å². The van der Waals surface area contributed by atoms with E-state index in [1.807, 2.05) is 30.3 Å². The minimum Gasteiger partial charge on any atom is -0.478 e. The third-order valence-corrected chi connectivity index (χ3v) is 6.25. The third kappa shape index (κ3) is 3.77. The SMILES string of the molecule is O=C(O)c1ccc2ccccc2c1.c1ccc2c(c1)ccc1c3c(ccc12)CCCC3. The number of aromatic carboxylic acids is 1. The van der Waals surface area contributed by atoms with Gasteiger partial charge in [-0.15, -0.1) is 0 Å². The molecule has 0 spiro atoms. The first-order chi connectivity index (χ1) is 15.2. The summed E-state index contributed by atoms with van der Waals surface area (Å²) >= 11 is 0. The lowest BCUT2D eigenvalue weighted by molar-refractivity contribution is 0.0697. The molecule has 0 aromatic heterocycles. The average molecular weight is 405 g/mol. The third-order valence-electron chi connectivity index (χ3n) is 6.25. The number of fused-ring (bicyclic) bond motifs is 6. The van der Waals surface area contributed by atoms with Crippen LogP contribution in [0.15, 0.2) is 91.0 Å². The van der Waals surface area contributed by atoms with E-state index in [9.17, 15) is 4.79 Å². The standard InChI is InChI=1S/C18H16.C11H8O2/c1-3-7-15-13(5-1)9-11-18-16-8-4-2-6-14(16)10-12-17(15)18;12-11(13)10-6-5-8-3-1-2-4-9(8)7-10/h1,3,5,7,9-12H,2,4,6,8H2;1-7H,(H,12,13). The molecule has 0 amide bonds. The lowest BCUT2D eigenvalue weighted by Crippen LogP contribution is -2.02. The lowest BCUT2D eigenvalue weighted by Gasteiger charge is -2.18. The predicted molar refractivity (Wildman–Crippen MR) is 129 cm³/mol. The Kier molecular flexibility index (Phi) is 5.13. The zero-order valence-corrected chi connectivity index (χ0v) is 17.3. The van der Waals surface area contributed by atoms with Gasteiger partial charge in [-0.2, -0.15) is 0 Å². The molecule has 0 saturated heterocycles. The number of aryl methyl sites for hydroxylation is 2. The maximum absolute atomic E-state index is 10.6. The van der Waals surface area contributed by atoms with E-state index in [2.05, 4.69) is 48.5 Å². The predicted octanol–water partition coefficient (Wildman–Crippen LogP) is 7.41. The maximum Gasteiger partial charge on any atom is 0.335 e. The largest absolute Gasteiger partial charge is 0.478 e. The molecule has 0 aliphatic heterocycles. The van der Waals surface area contributed by atoms with Crippen molar-refractivity contribution in [3.63, 3.8) is 0 Å². The van der Waals surface area contributed by atoms with Crippen molar-refractivity contribution < 1.29 is 9.90 Å². The summed E-state index contributed by atoms with van der Waals surface area (Å²) in [6.45, 7) is 0. The molecule has 6 rings (SSSR count). The van der Waals surface area contributed by atoms with E-state index in [0.717, 1.165) is 10.8 Å². The summed E-state index contributed by atoms with van der Waals surface area (Å²) in [7, 11) is 0. The number of hydrogen-bond donors (Lipinski definition) is 1. The normalized spacial score (nSPS) is 12.9. The Balaban J connectivity index is 0.000000140. The number of carboxylic acid groups (broad SMARTS) is 1. The van der Waals surface area contributed by atoms with Crippen molar-refractivity contribution in [2.24, 2.45) is 0 Å². The van der Waals surface area contributed by atoms with Crippen molar-refractivity contribution in [2.75, 3.05) is 0 Å². The van der Waals surface area contributed by atoms with E-state index >= 15 is 0 Å². The zero-order chi connectivity index (χ0) is 21.2. The van der Waals surface area contributed by atoms with Crippen molar-refractivity contribution in [1.82, 2.24) is 0 Å². The molecule has 0 bridgehead atoms. The molecule has 0 saturated carbocycles. The first-order valence-corrected chi connectivity index (χ1v) is 10.8. The fourth-order valence-electron chi connectivity index (χ4n) is 4.66. The van der Waals surface area contributed by atoms with E-state index in [4.69, 9.17) is 5.11 Å². The van der Waals surface area contributed by atoms with Crippen LogP contribution >= 0.6 is 0 Å². The topological polar surface area (TPSA) is 37.3 Å². The second-order valence-corrected chi connectivity index (χ2v) is 8.16. The highest BCUT2D eigenvalue weighted by atomic mass is 16.4. The molecule has 0 atom stereocenters. The van der Waals surface area contributed by atoms with Crippen molar-refractivity contribution in [3.8, 4) is 0 Å². The van der Waals surface area contributed by atoms with Crippen LogP contribution < -0.4 is 0 Å². The van der Waals surface area contributed by atoms with Crippen molar-refractivity contribution in [3.05, 3.63) is 108 Å². The molecule has 0 heterocycles. The summed E-state index contributed by atoms with van der Waals surface area (Å²) in [5, 5.41) is 16.4. The molecule has 152 valence electrons. The van der Waals surface area contributed by atoms with E-state index < -0.39 is 5.97 Å². The Morgan fingerprint density at radius 2 is 1.29 bits per heavy atom. The van der Waals surface area contributed by atoms with Crippen molar-refractivity contribution >= 4 is 38.3 Å². The van der Waals surface area contributed by atoms with Crippen LogP contribution in [-0.4, -0.2) is 11.1 Å². The van der Waals surface area contributed by atoms with Crippen molar-refractivity contribution in [2.45, 2.75) is 25.7 Å². The van der Waals surface area contributed by atoms with Gasteiger partial charge in [0.15, 0.2) is 0 Å². The second kappa shape index (κ2) is 8.23. The average Bonchev–Trinajstić information content (AvgIpc) is 2.83. The van der Waals surface area contributed by atoms with Crippen LogP contribution in [0.1, 0.15) is 34.3 Å². The summed E-state index contributed by atoms with van der Waals surface area (Å²) in [5.74, 6) is -0.884. The van der Waals surface area contributed by atoms with E-state index in [1.54, 1.807) is 23.3 Å². The number of rotatable bonds is 1. The minimum atomic E-state index is -0.884. The fourth-order valence-corrected chi connectivity index (χ4v) is 4.66. The molecule has 1 aliphatic rings. The van der Waals surface area contributed by atoms with Gasteiger partial charge >= 0.3 is 5.97 Å². The molecule has 2 nitrogen and oxygen atoms in total.